The molecule has 0 bridgehead atoms. The standard InChI is InChI=1S/C48H30N6O2S/c55-57(56)41-24-14-13-23-39(41)40-30-35(25-26-42(40)57)36-27-37(47-51-43(31-15-5-1-6-16-31)49-44(52-47)32-17-7-2-8-18-32)29-38(28-36)48-53-45(33-19-9-3-10-20-33)50-46(54-48)34-21-11-4-12-22-34/h1-30H. The van der Waals surface area contributed by atoms with Gasteiger partial charge in [0.15, 0.2) is 34.9 Å². The third-order valence-electron chi connectivity index (χ3n) is 9.92. The number of benzene rings is 7. The summed E-state index contributed by atoms with van der Waals surface area (Å²) < 4.78 is 27.1. The van der Waals surface area contributed by atoms with Gasteiger partial charge in [0.1, 0.15) is 0 Å². The Morgan fingerprint density at radius 3 is 1.02 bits per heavy atom. The highest BCUT2D eigenvalue weighted by Gasteiger charge is 2.32. The van der Waals surface area contributed by atoms with Gasteiger partial charge >= 0.3 is 0 Å². The van der Waals surface area contributed by atoms with E-state index in [2.05, 4.69) is 0 Å². The van der Waals surface area contributed by atoms with Gasteiger partial charge in [-0.2, -0.15) is 0 Å². The van der Waals surface area contributed by atoms with Crippen LogP contribution in [0.5, 0.6) is 0 Å². The zero-order valence-corrected chi connectivity index (χ0v) is 31.0. The largest absolute Gasteiger partial charge is 0.218 e. The van der Waals surface area contributed by atoms with Crippen molar-refractivity contribution in [3.63, 3.8) is 0 Å². The lowest BCUT2D eigenvalue weighted by molar-refractivity contribution is 0.598. The molecule has 0 atom stereocenters. The average Bonchev–Trinajstić information content (AvgIpc) is 3.52. The van der Waals surface area contributed by atoms with E-state index < -0.39 is 9.84 Å². The van der Waals surface area contributed by atoms with Crippen LogP contribution in [-0.4, -0.2) is 38.3 Å². The first-order valence-electron chi connectivity index (χ1n) is 18.4. The molecule has 0 fully saturated rings. The number of hydrogen-bond acceptors (Lipinski definition) is 8. The molecule has 9 aromatic rings. The number of nitrogens with zero attached hydrogens (tertiary/aromatic N) is 6. The minimum atomic E-state index is -3.64. The molecule has 0 amide bonds. The summed E-state index contributed by atoms with van der Waals surface area (Å²) in [6.45, 7) is 0. The molecule has 0 aliphatic carbocycles. The number of fused-ring (bicyclic) bond motifs is 3. The normalized spacial score (nSPS) is 12.5. The second kappa shape index (κ2) is 14.0. The number of aromatic nitrogens is 6. The van der Waals surface area contributed by atoms with E-state index in [0.717, 1.165) is 33.4 Å². The van der Waals surface area contributed by atoms with Crippen molar-refractivity contribution in [3.05, 3.63) is 182 Å². The monoisotopic (exact) mass is 754 g/mol. The Morgan fingerprint density at radius 2 is 0.596 bits per heavy atom. The third-order valence-corrected chi connectivity index (χ3v) is 11.8. The van der Waals surface area contributed by atoms with Crippen molar-refractivity contribution in [1.82, 2.24) is 29.9 Å². The van der Waals surface area contributed by atoms with Gasteiger partial charge in [-0.3, -0.25) is 0 Å². The van der Waals surface area contributed by atoms with E-state index in [1.165, 1.54) is 0 Å². The van der Waals surface area contributed by atoms with Crippen molar-refractivity contribution in [2.75, 3.05) is 0 Å². The van der Waals surface area contributed by atoms with Crippen molar-refractivity contribution in [2.45, 2.75) is 9.79 Å². The molecule has 10 rings (SSSR count). The summed E-state index contributed by atoms with van der Waals surface area (Å²) in [6.07, 6.45) is 0. The molecule has 0 radical (unpaired) electrons. The van der Waals surface area contributed by atoms with Crippen molar-refractivity contribution in [1.29, 1.82) is 0 Å². The highest BCUT2D eigenvalue weighted by Crippen LogP contribution is 2.45. The first-order valence-corrected chi connectivity index (χ1v) is 19.8. The van der Waals surface area contributed by atoms with Gasteiger partial charge in [-0.1, -0.05) is 146 Å². The lowest BCUT2D eigenvalue weighted by Crippen LogP contribution is -2.02. The van der Waals surface area contributed by atoms with E-state index in [1.807, 2.05) is 164 Å². The van der Waals surface area contributed by atoms with Crippen molar-refractivity contribution in [3.8, 4) is 90.6 Å². The fourth-order valence-corrected chi connectivity index (χ4v) is 8.79. The Hall–Kier alpha value is -7.49. The minimum absolute atomic E-state index is 0.291. The summed E-state index contributed by atoms with van der Waals surface area (Å²) in [4.78, 5) is 30.6. The Morgan fingerprint density at radius 1 is 0.263 bits per heavy atom. The van der Waals surface area contributed by atoms with Crippen LogP contribution in [0.3, 0.4) is 0 Å². The molecule has 0 saturated heterocycles. The molecule has 0 saturated carbocycles. The maximum Gasteiger partial charge on any atom is 0.207 e. The molecular weight excluding hydrogens is 725 g/mol. The van der Waals surface area contributed by atoms with Gasteiger partial charge in [-0.25, -0.2) is 38.3 Å². The fourth-order valence-electron chi connectivity index (χ4n) is 7.12. The average molecular weight is 755 g/mol. The first kappa shape index (κ1) is 34.0. The quantitative estimate of drug-likeness (QED) is 0.158. The van der Waals surface area contributed by atoms with E-state index in [9.17, 15) is 8.42 Å². The second-order valence-corrected chi connectivity index (χ2v) is 15.5. The lowest BCUT2D eigenvalue weighted by atomic mass is 9.95. The smallest absolute Gasteiger partial charge is 0.207 e. The molecule has 57 heavy (non-hydrogen) atoms. The molecule has 7 aromatic carbocycles. The predicted molar refractivity (Wildman–Crippen MR) is 222 cm³/mol. The molecule has 0 unspecified atom stereocenters. The summed E-state index contributed by atoms with van der Waals surface area (Å²) in [6, 6.07) is 58.0. The van der Waals surface area contributed by atoms with Gasteiger partial charge in [-0.05, 0) is 47.5 Å². The van der Waals surface area contributed by atoms with Gasteiger partial charge in [0.05, 0.1) is 9.79 Å². The van der Waals surface area contributed by atoms with Crippen molar-refractivity contribution >= 4 is 9.84 Å². The summed E-state index contributed by atoms with van der Waals surface area (Å²) in [7, 11) is -3.64. The van der Waals surface area contributed by atoms with E-state index in [-0.39, 0.29) is 0 Å². The van der Waals surface area contributed by atoms with Crippen LogP contribution >= 0.6 is 0 Å². The van der Waals surface area contributed by atoms with Gasteiger partial charge < -0.3 is 0 Å². The van der Waals surface area contributed by atoms with E-state index in [1.54, 1.807) is 18.2 Å². The highest BCUT2D eigenvalue weighted by atomic mass is 32.2. The Balaban J connectivity index is 1.22. The molecule has 0 spiro atoms. The summed E-state index contributed by atoms with van der Waals surface area (Å²) >= 11 is 0. The molecule has 9 heteroatoms. The molecule has 1 aliphatic heterocycles. The summed E-state index contributed by atoms with van der Waals surface area (Å²) in [5.74, 6) is 3.04. The summed E-state index contributed by atoms with van der Waals surface area (Å²) in [5.41, 5.74) is 7.77. The van der Waals surface area contributed by atoms with Crippen molar-refractivity contribution in [2.24, 2.45) is 0 Å². The van der Waals surface area contributed by atoms with Crippen LogP contribution in [0.25, 0.3) is 90.6 Å². The zero-order chi connectivity index (χ0) is 38.3. The van der Waals surface area contributed by atoms with Crippen LogP contribution in [0.15, 0.2) is 192 Å². The maximum absolute atomic E-state index is 13.6. The SMILES string of the molecule is O=S1(=O)c2ccccc2-c2cc(-c3cc(-c4nc(-c5ccccc5)nc(-c5ccccc5)n4)cc(-c4nc(-c5ccccc5)nc(-c5ccccc5)n4)c3)ccc21. The van der Waals surface area contributed by atoms with Crippen LogP contribution < -0.4 is 0 Å². The summed E-state index contributed by atoms with van der Waals surface area (Å²) in [5, 5.41) is 0. The second-order valence-electron chi connectivity index (χ2n) is 13.6. The Bertz CT molecular complexity index is 2810. The van der Waals surface area contributed by atoms with E-state index in [4.69, 9.17) is 29.9 Å². The van der Waals surface area contributed by atoms with Gasteiger partial charge in [-0.15, -0.1) is 0 Å². The molecule has 2 aromatic heterocycles. The molecule has 270 valence electrons. The van der Waals surface area contributed by atoms with E-state index in [0.29, 0.717) is 67.0 Å². The molecule has 0 N–H and O–H groups in total. The Kier molecular flexibility index (Phi) is 8.35. The number of sulfone groups is 1. The predicted octanol–water partition coefficient (Wildman–Crippen LogP) is 10.5. The van der Waals surface area contributed by atoms with Gasteiger partial charge in [0.2, 0.25) is 9.84 Å². The number of rotatable bonds is 7. The first-order chi connectivity index (χ1) is 28.0. The zero-order valence-electron chi connectivity index (χ0n) is 30.2. The van der Waals surface area contributed by atoms with Crippen molar-refractivity contribution < 1.29 is 8.42 Å². The van der Waals surface area contributed by atoms with Crippen LogP contribution in [0.2, 0.25) is 0 Å². The molecule has 8 nitrogen and oxygen atoms in total. The number of hydrogen-bond donors (Lipinski definition) is 0. The van der Waals surface area contributed by atoms with Gasteiger partial charge in [0.25, 0.3) is 0 Å². The van der Waals surface area contributed by atoms with E-state index >= 15 is 0 Å². The topological polar surface area (TPSA) is 111 Å². The lowest BCUT2D eigenvalue weighted by Gasteiger charge is -2.13. The van der Waals surface area contributed by atoms with Gasteiger partial charge in [0, 0.05) is 44.5 Å². The molecular formula is C48H30N6O2S. The fraction of sp³-hybridized carbons (Fsp3) is 0. The third kappa shape index (κ3) is 6.35. The molecule has 1 aliphatic rings. The van der Waals surface area contributed by atoms with Crippen LogP contribution in [0, 0.1) is 0 Å². The minimum Gasteiger partial charge on any atom is -0.218 e. The molecule has 3 heterocycles. The maximum atomic E-state index is 13.6. The van der Waals surface area contributed by atoms with Crippen LogP contribution in [0.1, 0.15) is 0 Å². The van der Waals surface area contributed by atoms with Crippen LogP contribution in [-0.2, 0) is 9.84 Å². The Labute approximate surface area is 329 Å². The van der Waals surface area contributed by atoms with Crippen LogP contribution in [0.4, 0.5) is 0 Å². The highest BCUT2D eigenvalue weighted by molar-refractivity contribution is 7.92.